The monoisotopic (exact) mass is 177 g/mol. The van der Waals surface area contributed by atoms with Crippen LogP contribution in [0.5, 0.6) is 0 Å². The van der Waals surface area contributed by atoms with Crippen molar-refractivity contribution >= 4 is 12.2 Å². The average molecular weight is 177 g/mol. The summed E-state index contributed by atoms with van der Waals surface area (Å²) in [6, 6.07) is 7.93. The molecule has 0 saturated heterocycles. The number of rotatable bonds is 2. The zero-order chi connectivity index (χ0) is 9.68. The molecule has 0 saturated carbocycles. The summed E-state index contributed by atoms with van der Waals surface area (Å²) in [6.45, 7) is 2.02. The minimum absolute atomic E-state index is 0.0184. The molecule has 0 aromatic heterocycles. The largest absolute Gasteiger partial charge is 0.365 e. The second-order valence-electron chi connectivity index (χ2n) is 2.67. The van der Waals surface area contributed by atoms with Crippen LogP contribution in [0.1, 0.15) is 11.1 Å². The number of nitrogens with zero attached hydrogens (tertiary/aromatic N) is 1. The first-order valence-electron chi connectivity index (χ1n) is 3.93. The summed E-state index contributed by atoms with van der Waals surface area (Å²) < 4.78 is 0. The van der Waals surface area contributed by atoms with Crippen molar-refractivity contribution in [3.8, 4) is 0 Å². The first-order valence-corrected chi connectivity index (χ1v) is 3.93. The van der Waals surface area contributed by atoms with Crippen LogP contribution in [0.15, 0.2) is 29.4 Å². The van der Waals surface area contributed by atoms with Crippen molar-refractivity contribution in [2.24, 2.45) is 16.6 Å². The Morgan fingerprint density at radius 2 is 2.08 bits per heavy atom. The van der Waals surface area contributed by atoms with Gasteiger partial charge in [-0.2, -0.15) is 0 Å². The topological polar surface area (TPSA) is 78.4 Å². The molecule has 5 N–H and O–H groups in total. The molecule has 4 heteroatoms. The highest BCUT2D eigenvalue weighted by molar-refractivity contribution is 5.78. The number of aryl methyl sites for hydroxylation is 1. The summed E-state index contributed by atoms with van der Waals surface area (Å²) >= 11 is 0. The Hall–Kier alpha value is -1.84. The van der Waals surface area contributed by atoms with E-state index < -0.39 is 0 Å². The molecule has 68 valence electrons. The zero-order valence-electron chi connectivity index (χ0n) is 7.49. The van der Waals surface area contributed by atoms with E-state index in [1.165, 1.54) is 5.56 Å². The fourth-order valence-corrected chi connectivity index (χ4v) is 0.925. The molecule has 0 aliphatic heterocycles. The first kappa shape index (κ1) is 9.25. The Morgan fingerprint density at radius 3 is 2.69 bits per heavy atom. The lowest BCUT2D eigenvalue weighted by Crippen LogP contribution is -2.63. The van der Waals surface area contributed by atoms with Gasteiger partial charge in [-0.25, -0.2) is 0 Å². The molecule has 1 rings (SSSR count). The molecule has 0 bridgehead atoms. The molecule has 0 fully saturated rings. The van der Waals surface area contributed by atoms with Gasteiger partial charge in [0, 0.05) is 10.7 Å². The highest BCUT2D eigenvalue weighted by Gasteiger charge is 1.94. The van der Waals surface area contributed by atoms with E-state index in [-0.39, 0.29) is 5.96 Å². The fraction of sp³-hybridized carbons (Fsp3) is 0.111. The van der Waals surface area contributed by atoms with Gasteiger partial charge >= 0.3 is 0 Å². The standard InChI is InChI=1S/C9H12N4/c1-7-4-2-3-5-8(7)6-12-13-9(10)11/h2-6H,1H3,(H4,10,11,13)/p+1/b12-6-. The van der Waals surface area contributed by atoms with Gasteiger partial charge < -0.3 is 11.5 Å². The third-order valence-corrected chi connectivity index (χ3v) is 1.60. The Labute approximate surface area is 77.0 Å². The van der Waals surface area contributed by atoms with Gasteiger partial charge in [-0.3, -0.25) is 0 Å². The summed E-state index contributed by atoms with van der Waals surface area (Å²) in [4.78, 5) is 0. The average Bonchev–Trinajstić information content (AvgIpc) is 2.08. The molecule has 0 unspecified atom stereocenters. The lowest BCUT2D eigenvalue weighted by atomic mass is 10.1. The Morgan fingerprint density at radius 1 is 1.38 bits per heavy atom. The molecule has 0 aliphatic carbocycles. The highest BCUT2D eigenvalue weighted by atomic mass is 15.3. The van der Waals surface area contributed by atoms with Crippen LogP contribution in [-0.4, -0.2) is 12.2 Å². The van der Waals surface area contributed by atoms with Crippen LogP contribution in [0.3, 0.4) is 0 Å². The predicted molar refractivity (Wildman–Crippen MR) is 53.1 cm³/mol. The Balaban J connectivity index is 2.80. The van der Waals surface area contributed by atoms with Crippen LogP contribution in [-0.2, 0) is 0 Å². The van der Waals surface area contributed by atoms with Gasteiger partial charge in [-0.1, -0.05) is 18.2 Å². The van der Waals surface area contributed by atoms with Crippen molar-refractivity contribution in [2.45, 2.75) is 6.92 Å². The summed E-state index contributed by atoms with van der Waals surface area (Å²) in [5, 5.41) is 6.28. The minimum atomic E-state index is 0.0184. The van der Waals surface area contributed by atoms with E-state index in [2.05, 4.69) is 10.2 Å². The third kappa shape index (κ3) is 2.94. The van der Waals surface area contributed by atoms with Gasteiger partial charge in [-0.15, -0.1) is 5.10 Å². The molecule has 0 aliphatic rings. The van der Waals surface area contributed by atoms with Gasteiger partial charge in [0.2, 0.25) is 6.21 Å². The SMILES string of the molecule is Cc1ccccc1/C=[NH+]\N=C(N)N. The summed E-state index contributed by atoms with van der Waals surface area (Å²) in [5.74, 6) is 0.0184. The van der Waals surface area contributed by atoms with E-state index in [0.717, 1.165) is 5.56 Å². The quantitative estimate of drug-likeness (QED) is 0.298. The van der Waals surface area contributed by atoms with E-state index in [4.69, 9.17) is 11.5 Å². The minimum Gasteiger partial charge on any atom is -0.365 e. The molecule has 13 heavy (non-hydrogen) atoms. The highest BCUT2D eigenvalue weighted by Crippen LogP contribution is 2.01. The van der Waals surface area contributed by atoms with E-state index in [1.54, 1.807) is 6.21 Å². The smallest absolute Gasteiger partial charge is 0.256 e. The molecule has 0 amide bonds. The predicted octanol–water partition coefficient (Wildman–Crippen LogP) is -1.32. The van der Waals surface area contributed by atoms with Crippen LogP contribution >= 0.6 is 0 Å². The molecule has 4 nitrogen and oxygen atoms in total. The van der Waals surface area contributed by atoms with Crippen molar-refractivity contribution in [3.05, 3.63) is 35.4 Å². The molecule has 0 atom stereocenters. The molecular weight excluding hydrogens is 164 g/mol. The molecule has 1 aromatic rings. The van der Waals surface area contributed by atoms with E-state index >= 15 is 0 Å². The lowest BCUT2D eigenvalue weighted by Gasteiger charge is -1.92. The van der Waals surface area contributed by atoms with Gasteiger partial charge in [0.15, 0.2) is 0 Å². The normalized spacial score (nSPS) is 10.2. The van der Waals surface area contributed by atoms with Crippen molar-refractivity contribution in [1.82, 2.24) is 0 Å². The molecule has 0 spiro atoms. The number of guanidine groups is 1. The van der Waals surface area contributed by atoms with Crippen LogP contribution in [0.4, 0.5) is 0 Å². The van der Waals surface area contributed by atoms with Gasteiger partial charge in [0.05, 0.1) is 0 Å². The van der Waals surface area contributed by atoms with Crippen LogP contribution in [0.25, 0.3) is 0 Å². The summed E-state index contributed by atoms with van der Waals surface area (Å²) in [7, 11) is 0. The van der Waals surface area contributed by atoms with Gasteiger partial charge in [0.25, 0.3) is 5.96 Å². The number of hydrogen-bond acceptors (Lipinski definition) is 1. The zero-order valence-corrected chi connectivity index (χ0v) is 7.49. The van der Waals surface area contributed by atoms with E-state index in [1.807, 2.05) is 31.2 Å². The lowest BCUT2D eigenvalue weighted by molar-refractivity contribution is -0.456. The number of hydrazone groups is 1. The molecule has 1 aromatic carbocycles. The number of benzene rings is 1. The third-order valence-electron chi connectivity index (χ3n) is 1.60. The first-order chi connectivity index (χ1) is 6.20. The molecule has 0 heterocycles. The fourth-order valence-electron chi connectivity index (χ4n) is 0.925. The van der Waals surface area contributed by atoms with Crippen LogP contribution < -0.4 is 16.6 Å². The summed E-state index contributed by atoms with van der Waals surface area (Å²) in [5.41, 5.74) is 12.5. The maximum absolute atomic E-state index is 5.14. The number of hydrogen-bond donors (Lipinski definition) is 3. The second kappa shape index (κ2) is 4.25. The number of nitrogens with one attached hydrogen (secondary N) is 1. The van der Waals surface area contributed by atoms with Crippen LogP contribution in [0.2, 0.25) is 0 Å². The molecular formula is C9H13N4+. The Bertz CT molecular complexity index is 337. The number of nitrogens with two attached hydrogens (primary N) is 2. The summed E-state index contributed by atoms with van der Waals surface area (Å²) in [6.07, 6.45) is 1.75. The maximum atomic E-state index is 5.14. The van der Waals surface area contributed by atoms with E-state index in [9.17, 15) is 0 Å². The van der Waals surface area contributed by atoms with Crippen molar-refractivity contribution in [2.75, 3.05) is 0 Å². The second-order valence-corrected chi connectivity index (χ2v) is 2.67. The Kier molecular flexibility index (Phi) is 3.03. The molecule has 0 radical (unpaired) electrons. The van der Waals surface area contributed by atoms with E-state index in [0.29, 0.717) is 0 Å². The van der Waals surface area contributed by atoms with Crippen LogP contribution in [0, 0.1) is 6.92 Å². The van der Waals surface area contributed by atoms with Crippen molar-refractivity contribution < 1.29 is 5.10 Å². The van der Waals surface area contributed by atoms with Gasteiger partial charge in [0.1, 0.15) is 0 Å². The van der Waals surface area contributed by atoms with Crippen molar-refractivity contribution in [1.29, 1.82) is 0 Å². The maximum Gasteiger partial charge on any atom is 0.256 e. The van der Waals surface area contributed by atoms with Crippen molar-refractivity contribution in [3.63, 3.8) is 0 Å². The van der Waals surface area contributed by atoms with Gasteiger partial charge in [-0.05, 0) is 18.6 Å².